The predicted octanol–water partition coefficient (Wildman–Crippen LogP) is 3.35. The van der Waals surface area contributed by atoms with E-state index < -0.39 is 5.97 Å². The van der Waals surface area contributed by atoms with Gasteiger partial charge < -0.3 is 10.0 Å². The van der Waals surface area contributed by atoms with Crippen LogP contribution in [0.5, 0.6) is 0 Å². The van der Waals surface area contributed by atoms with Gasteiger partial charge in [0.2, 0.25) is 5.91 Å². The molecule has 0 spiro atoms. The monoisotopic (exact) mass is 310 g/mol. The minimum atomic E-state index is -0.796. The average Bonchev–Trinajstić information content (AvgIpc) is 2.99. The third kappa shape index (κ3) is 7.31. The lowest BCUT2D eigenvalue weighted by molar-refractivity contribution is -0.141. The number of carbonyl (C=O) groups is 2. The molecular weight excluding hydrogens is 284 g/mol. The highest BCUT2D eigenvalue weighted by molar-refractivity contribution is 5.78. The Morgan fingerprint density at radius 3 is 2.36 bits per heavy atom. The zero-order valence-electron chi connectivity index (χ0n) is 13.1. The Balaban J connectivity index is 1.95. The number of carboxylic acids is 1. The van der Waals surface area contributed by atoms with E-state index in [9.17, 15) is 9.59 Å². The molecule has 0 aromatic carbocycles. The lowest BCUT2D eigenvalue weighted by atomic mass is 10.1. The van der Waals surface area contributed by atoms with Crippen LogP contribution in [0.4, 0.5) is 0 Å². The van der Waals surface area contributed by atoms with Gasteiger partial charge in [-0.3, -0.25) is 9.59 Å². The molecule has 0 aromatic rings. The summed E-state index contributed by atoms with van der Waals surface area (Å²) in [6, 6.07) is 0. The summed E-state index contributed by atoms with van der Waals surface area (Å²) in [5, 5.41) is 12.4. The smallest absolute Gasteiger partial charge is 0.308 e. The fourth-order valence-corrected chi connectivity index (χ4v) is 2.73. The van der Waals surface area contributed by atoms with E-state index in [1.54, 1.807) is 4.90 Å². The zero-order chi connectivity index (χ0) is 16.2. The number of likely N-dealkylation sites (tertiary alicyclic amines) is 1. The highest BCUT2D eigenvalue weighted by Crippen LogP contribution is 2.18. The van der Waals surface area contributed by atoms with Gasteiger partial charge in [0, 0.05) is 31.0 Å². The first-order valence-electron chi connectivity index (χ1n) is 8.16. The summed E-state index contributed by atoms with van der Waals surface area (Å²) >= 11 is 0. The van der Waals surface area contributed by atoms with Crippen LogP contribution in [0.3, 0.4) is 0 Å². The highest BCUT2D eigenvalue weighted by Gasteiger charge is 2.30. The van der Waals surface area contributed by atoms with Crippen LogP contribution in [0, 0.1) is 5.92 Å². The maximum atomic E-state index is 11.9. The molecule has 1 unspecified atom stereocenters. The van der Waals surface area contributed by atoms with Crippen molar-refractivity contribution in [3.8, 4) is 0 Å². The van der Waals surface area contributed by atoms with Crippen LogP contribution in [0.15, 0.2) is 5.11 Å². The van der Waals surface area contributed by atoms with E-state index in [4.69, 9.17) is 10.6 Å². The van der Waals surface area contributed by atoms with E-state index in [0.717, 1.165) is 44.9 Å². The first kappa shape index (κ1) is 18.3. The number of aliphatic carboxylic acids is 1. The Bertz CT molecular complexity index is 408. The number of amides is 1. The van der Waals surface area contributed by atoms with E-state index in [0.29, 0.717) is 32.5 Å². The number of carbonyl (C=O) groups excluding carboxylic acids is 1. The topological polar surface area (TPSA) is 106 Å². The van der Waals surface area contributed by atoms with E-state index in [-0.39, 0.29) is 11.8 Å². The van der Waals surface area contributed by atoms with Crippen LogP contribution < -0.4 is 0 Å². The minimum Gasteiger partial charge on any atom is -0.481 e. The maximum Gasteiger partial charge on any atom is 0.308 e. The fourth-order valence-electron chi connectivity index (χ4n) is 2.73. The largest absolute Gasteiger partial charge is 0.481 e. The number of azide groups is 1. The summed E-state index contributed by atoms with van der Waals surface area (Å²) in [5.41, 5.74) is 8.13. The third-order valence-corrected chi connectivity index (χ3v) is 4.10. The van der Waals surface area contributed by atoms with Crippen molar-refractivity contribution in [1.82, 2.24) is 4.90 Å². The summed E-state index contributed by atoms with van der Waals surface area (Å²) in [6.07, 6.45) is 8.47. The standard InChI is InChI=1S/C15H26N4O3/c16-18-17-10-7-5-3-1-2-4-6-8-14(20)19-11-9-13(12-19)15(21)22/h13H,1-12H2,(H,21,22). The molecule has 1 atom stereocenters. The molecule has 124 valence electrons. The van der Waals surface area contributed by atoms with Crippen molar-refractivity contribution >= 4 is 11.9 Å². The summed E-state index contributed by atoms with van der Waals surface area (Å²) in [6.45, 7) is 1.54. The van der Waals surface area contributed by atoms with Gasteiger partial charge in [-0.05, 0) is 24.8 Å². The Labute approximate surface area is 131 Å². The van der Waals surface area contributed by atoms with Gasteiger partial charge in [-0.2, -0.15) is 0 Å². The van der Waals surface area contributed by atoms with Crippen LogP contribution in [0.25, 0.3) is 10.4 Å². The molecule has 22 heavy (non-hydrogen) atoms. The van der Waals surface area contributed by atoms with Gasteiger partial charge in [0.1, 0.15) is 0 Å². The van der Waals surface area contributed by atoms with Crippen LogP contribution >= 0.6 is 0 Å². The zero-order valence-corrected chi connectivity index (χ0v) is 13.1. The Kier molecular flexibility index (Phi) is 9.07. The van der Waals surface area contributed by atoms with E-state index in [2.05, 4.69) is 10.0 Å². The number of rotatable bonds is 11. The molecule has 1 saturated heterocycles. The molecule has 1 fully saturated rings. The minimum absolute atomic E-state index is 0.0955. The molecule has 1 N–H and O–H groups in total. The Hall–Kier alpha value is -1.75. The molecule has 0 bridgehead atoms. The van der Waals surface area contributed by atoms with Gasteiger partial charge in [-0.15, -0.1) is 0 Å². The van der Waals surface area contributed by atoms with Crippen molar-refractivity contribution in [2.45, 2.75) is 57.8 Å². The fraction of sp³-hybridized carbons (Fsp3) is 0.867. The second kappa shape index (κ2) is 10.9. The van der Waals surface area contributed by atoms with E-state index in [1.807, 2.05) is 0 Å². The Morgan fingerprint density at radius 1 is 1.14 bits per heavy atom. The number of carboxylic acid groups (broad SMARTS) is 1. The highest BCUT2D eigenvalue weighted by atomic mass is 16.4. The Morgan fingerprint density at radius 2 is 1.77 bits per heavy atom. The van der Waals surface area contributed by atoms with Crippen molar-refractivity contribution < 1.29 is 14.7 Å². The van der Waals surface area contributed by atoms with E-state index in [1.165, 1.54) is 0 Å². The lowest BCUT2D eigenvalue weighted by Crippen LogP contribution is -2.29. The van der Waals surface area contributed by atoms with Crippen molar-refractivity contribution in [3.63, 3.8) is 0 Å². The molecule has 1 amide bonds. The molecule has 7 heteroatoms. The molecule has 0 aliphatic carbocycles. The van der Waals surface area contributed by atoms with Gasteiger partial charge in [0.15, 0.2) is 0 Å². The van der Waals surface area contributed by atoms with E-state index >= 15 is 0 Å². The van der Waals surface area contributed by atoms with Gasteiger partial charge in [0.05, 0.1) is 5.92 Å². The molecule has 1 aliphatic heterocycles. The predicted molar refractivity (Wildman–Crippen MR) is 83.3 cm³/mol. The molecule has 0 aromatic heterocycles. The van der Waals surface area contributed by atoms with Crippen molar-refractivity contribution in [2.75, 3.05) is 19.6 Å². The second-order valence-electron chi connectivity index (χ2n) is 5.84. The van der Waals surface area contributed by atoms with Gasteiger partial charge in [0.25, 0.3) is 0 Å². The van der Waals surface area contributed by atoms with Crippen LogP contribution in [-0.2, 0) is 9.59 Å². The van der Waals surface area contributed by atoms with Crippen molar-refractivity contribution in [3.05, 3.63) is 10.4 Å². The third-order valence-electron chi connectivity index (χ3n) is 4.10. The quantitative estimate of drug-likeness (QED) is 0.273. The van der Waals surface area contributed by atoms with Crippen LogP contribution in [-0.4, -0.2) is 41.5 Å². The summed E-state index contributed by atoms with van der Waals surface area (Å²) in [4.78, 5) is 27.2. The van der Waals surface area contributed by atoms with Crippen molar-refractivity contribution in [2.24, 2.45) is 11.0 Å². The molecular formula is C15H26N4O3. The van der Waals surface area contributed by atoms with Gasteiger partial charge in [-0.1, -0.05) is 37.2 Å². The van der Waals surface area contributed by atoms with Gasteiger partial charge in [-0.25, -0.2) is 0 Å². The first-order valence-corrected chi connectivity index (χ1v) is 8.16. The summed E-state index contributed by atoms with van der Waals surface area (Å²) < 4.78 is 0. The van der Waals surface area contributed by atoms with Crippen LogP contribution in [0.1, 0.15) is 57.8 Å². The normalized spacial score (nSPS) is 17.3. The molecule has 1 heterocycles. The van der Waals surface area contributed by atoms with Crippen LogP contribution in [0.2, 0.25) is 0 Å². The number of unbranched alkanes of at least 4 members (excludes halogenated alkanes) is 6. The average molecular weight is 310 g/mol. The number of hydrogen-bond acceptors (Lipinski definition) is 3. The molecule has 1 aliphatic rings. The summed E-state index contributed by atoms with van der Waals surface area (Å²) in [5.74, 6) is -1.08. The maximum absolute atomic E-state index is 11.9. The first-order chi connectivity index (χ1) is 10.6. The second-order valence-corrected chi connectivity index (χ2v) is 5.84. The number of nitrogens with zero attached hydrogens (tertiary/aromatic N) is 4. The molecule has 0 saturated carbocycles. The molecule has 7 nitrogen and oxygen atoms in total. The number of hydrogen-bond donors (Lipinski definition) is 1. The SMILES string of the molecule is [N-]=[N+]=NCCCCCCCCCC(=O)N1CCC(C(=O)O)C1. The summed E-state index contributed by atoms with van der Waals surface area (Å²) in [7, 11) is 0. The lowest BCUT2D eigenvalue weighted by Gasteiger charge is -2.15. The van der Waals surface area contributed by atoms with Crippen molar-refractivity contribution in [1.29, 1.82) is 0 Å². The molecule has 1 rings (SSSR count). The van der Waals surface area contributed by atoms with Gasteiger partial charge >= 0.3 is 5.97 Å². The molecule has 0 radical (unpaired) electrons.